The zero-order valence-electron chi connectivity index (χ0n) is 7.38. The van der Waals surface area contributed by atoms with Crippen molar-refractivity contribution in [3.8, 4) is 0 Å². The molecule has 61 valence electrons. The molecule has 0 bridgehead atoms. The molecule has 2 unspecified atom stereocenters. The number of rotatable bonds is 0. The molecule has 2 saturated heterocycles. The minimum absolute atomic E-state index is 0. The molecule has 0 aromatic rings. The Hall–Kier alpha value is 1.02. The Balaban J connectivity index is 0.000000605. The zero-order valence-corrected chi connectivity index (χ0v) is 10.2. The van der Waals surface area contributed by atoms with Gasteiger partial charge in [0.2, 0.25) is 0 Å². The number of fused-ring (bicyclic) bond motifs is 1. The van der Waals surface area contributed by atoms with Gasteiger partial charge in [0.1, 0.15) is 0 Å². The van der Waals surface area contributed by atoms with E-state index in [1.54, 1.807) is 0 Å². The van der Waals surface area contributed by atoms with Crippen LogP contribution in [0.1, 0.15) is 6.92 Å². The van der Waals surface area contributed by atoms with Crippen molar-refractivity contribution in [1.82, 2.24) is 4.90 Å². The fraction of sp³-hybridized carbons (Fsp3) is 1.00. The Labute approximate surface area is 94.0 Å². The molecule has 2 aliphatic rings. The summed E-state index contributed by atoms with van der Waals surface area (Å²) >= 11 is 0. The van der Waals surface area contributed by atoms with Crippen LogP contribution in [0, 0.1) is 11.3 Å². The van der Waals surface area contributed by atoms with Crippen molar-refractivity contribution in [3.63, 3.8) is 0 Å². The van der Waals surface area contributed by atoms with Crippen LogP contribution in [0.4, 0.5) is 0 Å². The fourth-order valence-corrected chi connectivity index (χ4v) is 2.34. The van der Waals surface area contributed by atoms with Gasteiger partial charge in [-0.25, -0.2) is 0 Å². The number of hydrogen-bond donors (Lipinski definition) is 0. The Morgan fingerprint density at radius 3 is 2.91 bits per heavy atom. The normalized spacial score (nSPS) is 43.6. The predicted octanol–water partition coefficient (Wildman–Crippen LogP) is 0.939. The van der Waals surface area contributed by atoms with Gasteiger partial charge in [-0.15, -0.1) is 13.1 Å². The van der Waals surface area contributed by atoms with Crippen molar-refractivity contribution in [2.75, 3.05) is 33.2 Å². The van der Waals surface area contributed by atoms with Crippen LogP contribution < -0.4 is 0 Å². The standard InChI is InChI=1S/C8H15N2.Y/c1-8-5-9-3-7(8)4-10(2)6-8;/h7H,3-6H2,1-2H3;/q-1;. The van der Waals surface area contributed by atoms with Gasteiger partial charge < -0.3 is 10.2 Å². The van der Waals surface area contributed by atoms with E-state index < -0.39 is 0 Å². The molecule has 0 saturated carbocycles. The Bertz CT molecular complexity index is 151. The van der Waals surface area contributed by atoms with Crippen LogP contribution in [-0.4, -0.2) is 38.1 Å². The molecule has 2 fully saturated rings. The van der Waals surface area contributed by atoms with E-state index >= 15 is 0 Å². The van der Waals surface area contributed by atoms with E-state index in [9.17, 15) is 0 Å². The van der Waals surface area contributed by atoms with Gasteiger partial charge in [-0.2, -0.15) is 0 Å². The zero-order chi connectivity index (χ0) is 7.19. The first-order chi connectivity index (χ1) is 4.71. The molecule has 0 aromatic carbocycles. The van der Waals surface area contributed by atoms with Crippen LogP contribution in [0.5, 0.6) is 0 Å². The van der Waals surface area contributed by atoms with Gasteiger partial charge >= 0.3 is 0 Å². The molecule has 2 aliphatic heterocycles. The quantitative estimate of drug-likeness (QED) is 0.603. The second kappa shape index (κ2) is 3.41. The first-order valence-corrected chi connectivity index (χ1v) is 4.02. The van der Waals surface area contributed by atoms with Crippen LogP contribution in [0.2, 0.25) is 0 Å². The maximum Gasteiger partial charge on any atom is 0.00184 e. The first kappa shape index (κ1) is 10.1. The summed E-state index contributed by atoms with van der Waals surface area (Å²) < 4.78 is 0. The van der Waals surface area contributed by atoms with Crippen molar-refractivity contribution < 1.29 is 32.7 Å². The van der Waals surface area contributed by atoms with Crippen LogP contribution in [-0.2, 0) is 32.7 Å². The molecule has 0 N–H and O–H groups in total. The predicted molar refractivity (Wildman–Crippen MR) is 42.2 cm³/mol. The molecule has 11 heavy (non-hydrogen) atoms. The SMILES string of the molecule is CN1CC2C[N-]CC2(C)C1.[Y]. The van der Waals surface area contributed by atoms with Gasteiger partial charge in [0, 0.05) is 39.3 Å². The fourth-order valence-electron chi connectivity index (χ4n) is 2.34. The van der Waals surface area contributed by atoms with Gasteiger partial charge in [-0.05, 0) is 24.9 Å². The van der Waals surface area contributed by atoms with Crippen molar-refractivity contribution in [2.24, 2.45) is 11.3 Å². The summed E-state index contributed by atoms with van der Waals surface area (Å²) in [6, 6.07) is 0. The van der Waals surface area contributed by atoms with Gasteiger partial charge in [0.25, 0.3) is 0 Å². The molecule has 2 heterocycles. The van der Waals surface area contributed by atoms with E-state index in [0.29, 0.717) is 5.41 Å². The monoisotopic (exact) mass is 228 g/mol. The summed E-state index contributed by atoms with van der Waals surface area (Å²) in [5, 5.41) is 4.45. The Kier molecular flexibility index (Phi) is 3.13. The molecule has 1 radical (unpaired) electrons. The first-order valence-electron chi connectivity index (χ1n) is 4.02. The average molecular weight is 228 g/mol. The Morgan fingerprint density at radius 2 is 2.27 bits per heavy atom. The van der Waals surface area contributed by atoms with Crippen LogP contribution in [0.3, 0.4) is 0 Å². The van der Waals surface area contributed by atoms with Crippen LogP contribution >= 0.6 is 0 Å². The molecule has 2 atom stereocenters. The summed E-state index contributed by atoms with van der Waals surface area (Å²) in [5.74, 6) is 0.859. The minimum atomic E-state index is 0. The van der Waals surface area contributed by atoms with Crippen LogP contribution in [0.25, 0.3) is 5.32 Å². The third-order valence-electron chi connectivity index (χ3n) is 2.97. The molecule has 0 amide bonds. The molecule has 0 aliphatic carbocycles. The van der Waals surface area contributed by atoms with E-state index in [1.807, 2.05) is 0 Å². The summed E-state index contributed by atoms with van der Waals surface area (Å²) in [4.78, 5) is 2.43. The van der Waals surface area contributed by atoms with Crippen molar-refractivity contribution >= 4 is 0 Å². The van der Waals surface area contributed by atoms with Gasteiger partial charge in [-0.1, -0.05) is 6.92 Å². The van der Waals surface area contributed by atoms with Gasteiger partial charge in [0.15, 0.2) is 0 Å². The average Bonchev–Trinajstić information content (AvgIpc) is 2.20. The van der Waals surface area contributed by atoms with E-state index in [1.165, 1.54) is 13.1 Å². The Morgan fingerprint density at radius 1 is 1.55 bits per heavy atom. The molecular formula is C8H15N2Y-. The minimum Gasteiger partial charge on any atom is -0.662 e. The maximum absolute atomic E-state index is 4.45. The molecule has 3 heteroatoms. The molecule has 0 aromatic heterocycles. The largest absolute Gasteiger partial charge is 0.662 e. The van der Waals surface area contributed by atoms with Crippen LogP contribution in [0.15, 0.2) is 0 Å². The molecular weight excluding hydrogens is 213 g/mol. The number of likely N-dealkylation sites (tertiary alicyclic amines) is 1. The summed E-state index contributed by atoms with van der Waals surface area (Å²) in [6.45, 7) is 7.10. The number of nitrogens with zero attached hydrogens (tertiary/aromatic N) is 2. The third-order valence-corrected chi connectivity index (χ3v) is 2.97. The maximum atomic E-state index is 4.45. The summed E-state index contributed by atoms with van der Waals surface area (Å²) in [5.41, 5.74) is 0.536. The third kappa shape index (κ3) is 1.69. The van der Waals surface area contributed by atoms with E-state index in [4.69, 9.17) is 0 Å². The van der Waals surface area contributed by atoms with E-state index in [-0.39, 0.29) is 32.7 Å². The second-order valence-electron chi connectivity index (χ2n) is 4.11. The second-order valence-corrected chi connectivity index (χ2v) is 4.11. The molecule has 2 nitrogen and oxygen atoms in total. The van der Waals surface area contributed by atoms with E-state index in [0.717, 1.165) is 19.0 Å². The van der Waals surface area contributed by atoms with Crippen molar-refractivity contribution in [1.29, 1.82) is 0 Å². The van der Waals surface area contributed by atoms with Gasteiger partial charge in [-0.3, -0.25) is 0 Å². The van der Waals surface area contributed by atoms with Crippen molar-refractivity contribution in [2.45, 2.75) is 6.92 Å². The van der Waals surface area contributed by atoms with Gasteiger partial charge in [0.05, 0.1) is 0 Å². The molecule has 2 rings (SSSR count). The van der Waals surface area contributed by atoms with Crippen molar-refractivity contribution in [3.05, 3.63) is 5.32 Å². The number of hydrogen-bond acceptors (Lipinski definition) is 1. The van der Waals surface area contributed by atoms with E-state index in [2.05, 4.69) is 24.2 Å². The summed E-state index contributed by atoms with van der Waals surface area (Å²) in [6.07, 6.45) is 0. The topological polar surface area (TPSA) is 17.3 Å². The molecule has 0 spiro atoms. The smallest absolute Gasteiger partial charge is 0.00184 e. The summed E-state index contributed by atoms with van der Waals surface area (Å²) in [7, 11) is 2.21.